The van der Waals surface area contributed by atoms with E-state index in [9.17, 15) is 19.8 Å². The standard InChI is InChI=1S/C20H19NO5/c22-17-9-10-21(18(17)19(23)24)20(25)26-11-16-14-7-3-1-5-12(14)13-6-2-4-8-15(13)16/h1-8,16-18,22H,9-11H2,(H,23,24)/t17-,18-/m0/s1. The summed E-state index contributed by atoms with van der Waals surface area (Å²) in [5.41, 5.74) is 4.45. The summed E-state index contributed by atoms with van der Waals surface area (Å²) in [5, 5.41) is 19.0. The molecule has 6 nitrogen and oxygen atoms in total. The number of carboxylic acids is 1. The van der Waals surface area contributed by atoms with E-state index in [0.717, 1.165) is 27.2 Å². The highest BCUT2D eigenvalue weighted by Gasteiger charge is 2.42. The highest BCUT2D eigenvalue weighted by molar-refractivity contribution is 5.82. The first-order valence-electron chi connectivity index (χ1n) is 8.60. The van der Waals surface area contributed by atoms with Gasteiger partial charge >= 0.3 is 12.1 Å². The molecule has 0 spiro atoms. The van der Waals surface area contributed by atoms with Gasteiger partial charge in [0.05, 0.1) is 6.10 Å². The summed E-state index contributed by atoms with van der Waals surface area (Å²) in [5.74, 6) is -1.30. The molecule has 1 heterocycles. The van der Waals surface area contributed by atoms with Crippen LogP contribution in [0.15, 0.2) is 48.5 Å². The van der Waals surface area contributed by atoms with Gasteiger partial charge in [0.2, 0.25) is 0 Å². The van der Waals surface area contributed by atoms with E-state index in [-0.39, 0.29) is 25.5 Å². The zero-order chi connectivity index (χ0) is 18.3. The van der Waals surface area contributed by atoms with E-state index < -0.39 is 24.2 Å². The van der Waals surface area contributed by atoms with Crippen LogP contribution in [-0.2, 0) is 9.53 Å². The molecule has 0 radical (unpaired) electrons. The molecule has 2 aromatic carbocycles. The topological polar surface area (TPSA) is 87.1 Å². The van der Waals surface area contributed by atoms with Gasteiger partial charge in [-0.2, -0.15) is 0 Å². The van der Waals surface area contributed by atoms with Crippen molar-refractivity contribution in [2.45, 2.75) is 24.5 Å². The number of fused-ring (bicyclic) bond motifs is 3. The van der Waals surface area contributed by atoms with E-state index in [1.165, 1.54) is 0 Å². The molecule has 2 atom stereocenters. The second-order valence-electron chi connectivity index (χ2n) is 6.64. The third-order valence-electron chi connectivity index (χ3n) is 5.19. The number of carbonyl (C=O) groups excluding carboxylic acids is 1. The van der Waals surface area contributed by atoms with Gasteiger partial charge in [-0.1, -0.05) is 48.5 Å². The number of hydrogen-bond donors (Lipinski definition) is 2. The Bertz CT molecular complexity index is 819. The molecule has 0 unspecified atom stereocenters. The van der Waals surface area contributed by atoms with Gasteiger partial charge in [0, 0.05) is 12.5 Å². The van der Waals surface area contributed by atoms with E-state index in [1.807, 2.05) is 48.5 Å². The first-order chi connectivity index (χ1) is 12.6. The Labute approximate surface area is 150 Å². The van der Waals surface area contributed by atoms with Crippen LogP contribution in [0.4, 0.5) is 4.79 Å². The van der Waals surface area contributed by atoms with Gasteiger partial charge < -0.3 is 14.9 Å². The fourth-order valence-electron chi connectivity index (χ4n) is 3.96. The first-order valence-corrected chi connectivity index (χ1v) is 8.60. The summed E-state index contributed by atoms with van der Waals surface area (Å²) in [6.45, 7) is 0.306. The quantitative estimate of drug-likeness (QED) is 0.885. The van der Waals surface area contributed by atoms with Gasteiger partial charge in [-0.25, -0.2) is 9.59 Å². The molecule has 0 aromatic heterocycles. The van der Waals surface area contributed by atoms with Crippen molar-refractivity contribution in [2.75, 3.05) is 13.2 Å². The third kappa shape index (κ3) is 2.63. The van der Waals surface area contributed by atoms with Crippen LogP contribution in [-0.4, -0.2) is 52.5 Å². The Morgan fingerprint density at radius 2 is 1.62 bits per heavy atom. The summed E-state index contributed by atoms with van der Waals surface area (Å²) >= 11 is 0. The molecule has 1 saturated heterocycles. The maximum atomic E-state index is 12.4. The molecule has 1 aliphatic carbocycles. The number of nitrogens with zero attached hydrogens (tertiary/aromatic N) is 1. The molecule has 2 N–H and O–H groups in total. The van der Waals surface area contributed by atoms with Gasteiger partial charge in [0.1, 0.15) is 6.61 Å². The van der Waals surface area contributed by atoms with E-state index in [1.54, 1.807) is 0 Å². The summed E-state index contributed by atoms with van der Waals surface area (Å²) < 4.78 is 5.46. The van der Waals surface area contributed by atoms with Crippen molar-refractivity contribution in [3.63, 3.8) is 0 Å². The zero-order valence-corrected chi connectivity index (χ0v) is 14.0. The number of benzene rings is 2. The number of aliphatic hydroxyl groups excluding tert-OH is 1. The van der Waals surface area contributed by atoms with Gasteiger partial charge in [0.25, 0.3) is 0 Å². The van der Waals surface area contributed by atoms with Crippen molar-refractivity contribution in [1.82, 2.24) is 4.90 Å². The summed E-state index contributed by atoms with van der Waals surface area (Å²) in [6.07, 6.45) is -1.52. The minimum Gasteiger partial charge on any atom is -0.480 e. The number of aliphatic carboxylic acids is 1. The zero-order valence-electron chi connectivity index (χ0n) is 14.0. The average Bonchev–Trinajstić information content (AvgIpc) is 3.18. The largest absolute Gasteiger partial charge is 0.480 e. The van der Waals surface area contributed by atoms with Crippen LogP contribution in [0.2, 0.25) is 0 Å². The van der Waals surface area contributed by atoms with Crippen molar-refractivity contribution in [3.8, 4) is 11.1 Å². The molecule has 0 bridgehead atoms. The molecule has 26 heavy (non-hydrogen) atoms. The number of carboxylic acid groups (broad SMARTS) is 1. The average molecular weight is 353 g/mol. The van der Waals surface area contributed by atoms with Crippen molar-refractivity contribution in [2.24, 2.45) is 0 Å². The van der Waals surface area contributed by atoms with Crippen LogP contribution >= 0.6 is 0 Å². The van der Waals surface area contributed by atoms with Crippen molar-refractivity contribution >= 4 is 12.1 Å². The van der Waals surface area contributed by atoms with E-state index in [2.05, 4.69) is 0 Å². The lowest BCUT2D eigenvalue weighted by molar-refractivity contribution is -0.144. The van der Waals surface area contributed by atoms with Gasteiger partial charge in [-0.05, 0) is 28.7 Å². The number of likely N-dealkylation sites (tertiary alicyclic amines) is 1. The minimum absolute atomic E-state index is 0.0813. The normalized spacial score (nSPS) is 21.3. The van der Waals surface area contributed by atoms with Gasteiger partial charge in [-0.3, -0.25) is 4.90 Å². The molecule has 1 fully saturated rings. The van der Waals surface area contributed by atoms with Crippen molar-refractivity contribution < 1.29 is 24.5 Å². The maximum absolute atomic E-state index is 12.4. The van der Waals surface area contributed by atoms with E-state index >= 15 is 0 Å². The molecule has 2 aromatic rings. The summed E-state index contributed by atoms with van der Waals surface area (Å²) in [7, 11) is 0. The van der Waals surface area contributed by atoms with Crippen LogP contribution in [0.1, 0.15) is 23.5 Å². The van der Waals surface area contributed by atoms with Crippen LogP contribution in [0.5, 0.6) is 0 Å². The lowest BCUT2D eigenvalue weighted by atomic mass is 9.98. The highest BCUT2D eigenvalue weighted by Crippen LogP contribution is 2.44. The number of amides is 1. The summed E-state index contributed by atoms with van der Waals surface area (Å²) in [4.78, 5) is 24.8. The number of aliphatic hydroxyl groups is 1. The molecule has 0 saturated carbocycles. The molecule has 134 valence electrons. The summed E-state index contributed by atoms with van der Waals surface area (Å²) in [6, 6.07) is 14.8. The highest BCUT2D eigenvalue weighted by atomic mass is 16.6. The Morgan fingerprint density at radius 3 is 2.19 bits per heavy atom. The van der Waals surface area contributed by atoms with Gasteiger partial charge in [-0.15, -0.1) is 0 Å². The molecule has 6 heteroatoms. The minimum atomic E-state index is -1.24. The Kier molecular flexibility index (Phi) is 4.12. The first kappa shape index (κ1) is 16.6. The molecule has 1 amide bonds. The number of carbonyl (C=O) groups is 2. The second-order valence-corrected chi connectivity index (χ2v) is 6.64. The molecule has 1 aliphatic heterocycles. The van der Waals surface area contributed by atoms with Gasteiger partial charge in [0.15, 0.2) is 6.04 Å². The van der Waals surface area contributed by atoms with E-state index in [0.29, 0.717) is 0 Å². The third-order valence-corrected chi connectivity index (χ3v) is 5.19. The molecular formula is C20H19NO5. The van der Waals surface area contributed by atoms with Crippen LogP contribution in [0.25, 0.3) is 11.1 Å². The second kappa shape index (κ2) is 6.46. The molecule has 4 rings (SSSR count). The monoisotopic (exact) mass is 353 g/mol. The lowest BCUT2D eigenvalue weighted by Gasteiger charge is -2.23. The van der Waals surface area contributed by atoms with Crippen LogP contribution in [0.3, 0.4) is 0 Å². The fourth-order valence-corrected chi connectivity index (χ4v) is 3.96. The lowest BCUT2D eigenvalue weighted by Crippen LogP contribution is -2.45. The van der Waals surface area contributed by atoms with Crippen molar-refractivity contribution in [1.29, 1.82) is 0 Å². The Morgan fingerprint density at radius 1 is 1.04 bits per heavy atom. The Hall–Kier alpha value is -2.86. The van der Waals surface area contributed by atoms with Crippen LogP contribution < -0.4 is 0 Å². The smallest absolute Gasteiger partial charge is 0.410 e. The molecule has 2 aliphatic rings. The van der Waals surface area contributed by atoms with Crippen molar-refractivity contribution in [3.05, 3.63) is 59.7 Å². The number of rotatable bonds is 3. The molecular weight excluding hydrogens is 334 g/mol. The number of hydrogen-bond acceptors (Lipinski definition) is 4. The SMILES string of the molecule is O=C(O)[C@@H]1[C@@H](O)CCN1C(=O)OCC1c2ccccc2-c2ccccc21. The van der Waals surface area contributed by atoms with E-state index in [4.69, 9.17) is 4.74 Å². The van der Waals surface area contributed by atoms with Crippen LogP contribution in [0, 0.1) is 0 Å². The maximum Gasteiger partial charge on any atom is 0.410 e. The Balaban J connectivity index is 1.53. The fraction of sp³-hybridized carbons (Fsp3) is 0.300. The number of ether oxygens (including phenoxy) is 1. The predicted octanol–water partition coefficient (Wildman–Crippen LogP) is 2.46. The predicted molar refractivity (Wildman–Crippen MR) is 93.8 cm³/mol.